The van der Waals surface area contributed by atoms with Crippen LogP contribution in [0.1, 0.15) is 34.3 Å². The van der Waals surface area contributed by atoms with Crippen LogP contribution < -0.4 is 15.5 Å². The lowest BCUT2D eigenvalue weighted by Gasteiger charge is -2.31. The Bertz CT molecular complexity index is 1680. The maximum absolute atomic E-state index is 14.0. The van der Waals surface area contributed by atoms with Crippen LogP contribution in [0.2, 0.25) is 5.02 Å². The number of ether oxygens (including phenoxy) is 1. The van der Waals surface area contributed by atoms with E-state index in [2.05, 4.69) is 15.8 Å². The fourth-order valence-electron chi connectivity index (χ4n) is 7.18. The van der Waals surface area contributed by atoms with E-state index >= 15 is 0 Å². The number of nitrogens with one attached hydrogen (secondary N) is 2. The lowest BCUT2D eigenvalue weighted by molar-refractivity contribution is -0.140. The van der Waals surface area contributed by atoms with Gasteiger partial charge in [0.05, 0.1) is 52.6 Å². The van der Waals surface area contributed by atoms with Crippen molar-refractivity contribution in [2.75, 3.05) is 37.5 Å². The first-order valence-electron chi connectivity index (χ1n) is 14.6. The Labute approximate surface area is 268 Å². The highest BCUT2D eigenvalue weighted by molar-refractivity contribution is 6.34. The number of fused-ring (bicyclic) bond motifs is 3. The molecule has 6 rings (SSSR count). The number of halogens is 8. The van der Waals surface area contributed by atoms with Crippen molar-refractivity contribution < 1.29 is 49.9 Å². The van der Waals surface area contributed by atoms with Gasteiger partial charge in [0.25, 0.3) is 5.91 Å². The molecule has 2 aromatic rings. The van der Waals surface area contributed by atoms with Crippen molar-refractivity contribution in [2.45, 2.75) is 37.3 Å². The summed E-state index contributed by atoms with van der Waals surface area (Å²) in [6.45, 7) is 0.679. The number of allylic oxidation sites excluding steroid dienone is 1. The molecule has 0 spiro atoms. The topological polar surface area (TPSA) is 92.3 Å². The third kappa shape index (κ3) is 6.26. The van der Waals surface area contributed by atoms with Crippen molar-refractivity contribution in [3.63, 3.8) is 0 Å². The van der Waals surface area contributed by atoms with Crippen molar-refractivity contribution >= 4 is 40.5 Å². The van der Waals surface area contributed by atoms with E-state index in [4.69, 9.17) is 21.2 Å². The Kier molecular flexibility index (Phi) is 8.44. The van der Waals surface area contributed by atoms with Crippen molar-refractivity contribution in [2.24, 2.45) is 28.8 Å². The molecule has 2 bridgehead atoms. The molecule has 8 nitrogen and oxygen atoms in total. The maximum Gasteiger partial charge on any atom is 0.419 e. The smallest absolute Gasteiger partial charge is 0.389 e. The summed E-state index contributed by atoms with van der Waals surface area (Å²) in [7, 11) is 3.29. The summed E-state index contributed by atoms with van der Waals surface area (Å²) in [5.41, 5.74) is -0.763. The molecule has 2 aliphatic carbocycles. The molecule has 0 radical (unpaired) electrons. The van der Waals surface area contributed by atoms with Crippen molar-refractivity contribution in [1.82, 2.24) is 5.32 Å². The van der Waals surface area contributed by atoms with E-state index in [0.29, 0.717) is 42.3 Å². The van der Waals surface area contributed by atoms with Gasteiger partial charge in [-0.25, -0.2) is 4.39 Å². The van der Waals surface area contributed by atoms with E-state index in [9.17, 15) is 40.3 Å². The van der Waals surface area contributed by atoms with Crippen LogP contribution in [0.25, 0.3) is 0 Å². The zero-order valence-corrected chi connectivity index (χ0v) is 25.6. The van der Waals surface area contributed by atoms with E-state index in [1.807, 2.05) is 0 Å². The summed E-state index contributed by atoms with van der Waals surface area (Å²) in [5, 5.41) is 9.41. The summed E-state index contributed by atoms with van der Waals surface area (Å²) in [4.78, 5) is 34.7. The van der Waals surface area contributed by atoms with Crippen LogP contribution in [0.5, 0.6) is 0 Å². The van der Waals surface area contributed by atoms with Crippen LogP contribution in [-0.2, 0) is 20.5 Å². The third-order valence-corrected chi connectivity index (χ3v) is 9.37. The maximum atomic E-state index is 14.0. The molecule has 252 valence electrons. The Balaban J connectivity index is 1.34. The Hall–Kier alpha value is -3.85. The zero-order valence-electron chi connectivity index (χ0n) is 24.8. The second kappa shape index (κ2) is 12.0. The fraction of sp³-hybridized carbons (Fsp3) is 0.452. The average molecular weight is 689 g/mol. The molecule has 2 aliphatic heterocycles. The minimum atomic E-state index is -5.06. The van der Waals surface area contributed by atoms with Gasteiger partial charge in [-0.2, -0.15) is 26.3 Å². The second-order valence-electron chi connectivity index (χ2n) is 12.2. The second-order valence-corrected chi connectivity index (χ2v) is 12.6. The molecule has 2 N–H and O–H groups in total. The molecule has 1 saturated heterocycles. The summed E-state index contributed by atoms with van der Waals surface area (Å²) in [5.74, 6) is -6.53. The first kappa shape index (κ1) is 33.1. The van der Waals surface area contributed by atoms with Gasteiger partial charge in [-0.3, -0.25) is 9.59 Å². The summed E-state index contributed by atoms with van der Waals surface area (Å²) < 4.78 is 100. The number of benzene rings is 2. The minimum Gasteiger partial charge on any atom is -0.389 e. The number of carbonyl (C=O) groups is 2. The molecule has 16 heteroatoms. The number of rotatable bonds is 6. The molecule has 3 fully saturated rings. The molecule has 6 atom stereocenters. The van der Waals surface area contributed by atoms with Crippen LogP contribution in [0, 0.1) is 29.5 Å². The fourth-order valence-corrected chi connectivity index (χ4v) is 7.57. The zero-order chi connectivity index (χ0) is 34.0. The monoisotopic (exact) mass is 688 g/mol. The molecule has 2 saturated carbocycles. The number of hydrogen-bond donors (Lipinski definition) is 2. The highest BCUT2D eigenvalue weighted by atomic mass is 35.5. The Morgan fingerprint density at radius 3 is 2.43 bits per heavy atom. The largest absolute Gasteiger partial charge is 0.419 e. The van der Waals surface area contributed by atoms with E-state index in [1.165, 1.54) is 6.07 Å². The van der Waals surface area contributed by atoms with Gasteiger partial charge in [0, 0.05) is 43.4 Å². The van der Waals surface area contributed by atoms with E-state index in [1.54, 1.807) is 25.1 Å². The quantitative estimate of drug-likeness (QED) is 0.279. The molecule has 2 aromatic carbocycles. The van der Waals surface area contributed by atoms with E-state index in [0.717, 1.165) is 6.07 Å². The Morgan fingerprint density at radius 1 is 1.02 bits per heavy atom. The number of oxime groups is 1. The van der Waals surface area contributed by atoms with Gasteiger partial charge in [-0.1, -0.05) is 22.3 Å². The number of nitrogens with zero attached hydrogens (tertiary/aromatic N) is 2. The first-order valence-corrected chi connectivity index (χ1v) is 15.0. The van der Waals surface area contributed by atoms with Gasteiger partial charge in [0.2, 0.25) is 5.91 Å². The highest BCUT2D eigenvalue weighted by Crippen LogP contribution is 2.54. The summed E-state index contributed by atoms with van der Waals surface area (Å²) >= 11 is 6.64. The third-order valence-electron chi connectivity index (χ3n) is 9.09. The molecule has 4 aliphatic rings. The standard InChI is InChI=1S/C31H28ClF7N4O4/c1-43(2)27-17(7-13(8-21(27)32)25-19-11-46-12-23(19)47-42-25)28(44)41-26-16-5-4-15(18(16)10-30(34,35)36)24(26)29(45)40-14-3-6-22(33)20(9-14)31(37,38)39/h3,6-10,15-16,19,23-24,26H,4-5,11-12H2,1-2H3,(H,40,45)(H,41,44)/b18-10-/t15-,16+,19?,23?,24-,26+/m0/s1. The highest BCUT2D eigenvalue weighted by Gasteiger charge is 2.56. The number of anilines is 2. The number of amides is 2. The predicted molar refractivity (Wildman–Crippen MR) is 157 cm³/mol. The van der Waals surface area contributed by atoms with Crippen molar-refractivity contribution in [3.8, 4) is 0 Å². The van der Waals surface area contributed by atoms with Crippen LogP contribution in [-0.4, -0.2) is 63.2 Å². The van der Waals surface area contributed by atoms with Crippen LogP contribution in [0.4, 0.5) is 42.1 Å². The molecule has 47 heavy (non-hydrogen) atoms. The van der Waals surface area contributed by atoms with E-state index in [-0.39, 0.29) is 47.1 Å². The molecule has 0 aromatic heterocycles. The number of alkyl halides is 6. The van der Waals surface area contributed by atoms with Gasteiger partial charge < -0.3 is 25.1 Å². The van der Waals surface area contributed by atoms with Crippen LogP contribution in [0.3, 0.4) is 0 Å². The van der Waals surface area contributed by atoms with Crippen molar-refractivity contribution in [1.29, 1.82) is 0 Å². The first-order chi connectivity index (χ1) is 22.0. The van der Waals surface area contributed by atoms with Gasteiger partial charge in [-0.15, -0.1) is 0 Å². The van der Waals surface area contributed by atoms with Gasteiger partial charge in [-0.05, 0) is 49.1 Å². The minimum absolute atomic E-state index is 0.0548. The van der Waals surface area contributed by atoms with Crippen LogP contribution >= 0.6 is 11.6 Å². The van der Waals surface area contributed by atoms with Crippen LogP contribution in [0.15, 0.2) is 47.1 Å². The SMILES string of the molecule is CN(C)c1c(Cl)cc(C2=NOC3COCC23)cc1C(=O)N[C@H]1[C@@H](C(=O)Nc2ccc(F)c(C(F)(F)F)c2)[C@H]2CC[C@@H]1/C2=C\C(F)(F)F. The molecular weight excluding hydrogens is 661 g/mol. The summed E-state index contributed by atoms with van der Waals surface area (Å²) in [6, 6.07) is 3.86. The summed E-state index contributed by atoms with van der Waals surface area (Å²) in [6.07, 6.45) is -9.53. The lowest BCUT2D eigenvalue weighted by atomic mass is 9.83. The van der Waals surface area contributed by atoms with Gasteiger partial charge in [0.15, 0.2) is 6.10 Å². The number of carbonyl (C=O) groups excluding carboxylic acids is 2. The molecule has 2 amide bonds. The molecule has 2 unspecified atom stereocenters. The van der Waals surface area contributed by atoms with Gasteiger partial charge in [0.1, 0.15) is 5.82 Å². The molecule has 2 heterocycles. The van der Waals surface area contributed by atoms with E-state index < -0.39 is 65.0 Å². The van der Waals surface area contributed by atoms with Crippen molar-refractivity contribution in [3.05, 3.63) is 69.5 Å². The average Bonchev–Trinajstić information content (AvgIpc) is 3.73. The van der Waals surface area contributed by atoms with Gasteiger partial charge >= 0.3 is 12.4 Å². The lowest BCUT2D eigenvalue weighted by Crippen LogP contribution is -2.48. The normalized spacial score (nSPS) is 27.4. The molecular formula is C31H28ClF7N4O4. The Morgan fingerprint density at radius 2 is 1.74 bits per heavy atom. The predicted octanol–water partition coefficient (Wildman–Crippen LogP) is 6.20. The number of hydrogen-bond acceptors (Lipinski definition) is 6.